The number of nitrogens with zero attached hydrogens (tertiary/aromatic N) is 3. The van der Waals surface area contributed by atoms with Crippen LogP contribution in [0.25, 0.3) is 21.2 Å². The van der Waals surface area contributed by atoms with E-state index in [2.05, 4.69) is 6.58 Å². The van der Waals surface area contributed by atoms with E-state index in [4.69, 9.17) is 22.1 Å². The number of anilines is 1. The first-order valence-electron chi connectivity index (χ1n) is 11.3. The van der Waals surface area contributed by atoms with Gasteiger partial charge in [-0.25, -0.2) is 13.2 Å². The molecule has 2 aromatic carbocycles. The van der Waals surface area contributed by atoms with Crippen molar-refractivity contribution < 1.29 is 27.5 Å². The zero-order chi connectivity index (χ0) is 27.3. The Hall–Kier alpha value is -4.01. The molecule has 1 fully saturated rings. The highest BCUT2D eigenvalue weighted by molar-refractivity contribution is 7.23. The highest BCUT2D eigenvalue weighted by Gasteiger charge is 2.34. The predicted octanol–water partition coefficient (Wildman–Crippen LogP) is 5.04. The second-order valence-electron chi connectivity index (χ2n) is 8.60. The molecule has 2 amide bonds. The number of carbonyl (C=O) groups is 2. The van der Waals surface area contributed by atoms with Crippen LogP contribution in [0.15, 0.2) is 42.1 Å². The van der Waals surface area contributed by atoms with Crippen molar-refractivity contribution in [1.82, 2.24) is 9.80 Å². The van der Waals surface area contributed by atoms with Crippen molar-refractivity contribution in [3.8, 4) is 22.9 Å². The van der Waals surface area contributed by atoms with E-state index < -0.39 is 30.1 Å². The number of nitrogens with two attached hydrogens (primary N) is 1. The van der Waals surface area contributed by atoms with Crippen LogP contribution in [0.5, 0.6) is 5.75 Å². The van der Waals surface area contributed by atoms with Crippen LogP contribution in [0.2, 0.25) is 5.02 Å². The van der Waals surface area contributed by atoms with Gasteiger partial charge in [-0.1, -0.05) is 24.2 Å². The molecular weight excluding hydrogens is 541 g/mol. The van der Waals surface area contributed by atoms with E-state index in [1.54, 1.807) is 6.08 Å². The molecule has 2 aliphatic rings. The minimum atomic E-state index is -0.984. The van der Waals surface area contributed by atoms with Crippen molar-refractivity contribution in [2.24, 2.45) is 0 Å². The van der Waals surface area contributed by atoms with Crippen LogP contribution in [0.4, 0.5) is 18.2 Å². The van der Waals surface area contributed by atoms with Crippen LogP contribution in [0.3, 0.4) is 0 Å². The largest absolute Gasteiger partial charge is 0.487 e. The molecule has 2 N–H and O–H groups in total. The number of nitrogen functional groups attached to an aromatic ring is 1. The summed E-state index contributed by atoms with van der Waals surface area (Å²) >= 11 is 7.50. The number of halogens is 4. The number of hydrogen-bond donors (Lipinski definition) is 1. The lowest BCUT2D eigenvalue weighted by Crippen LogP contribution is -2.50. The molecule has 0 bridgehead atoms. The summed E-state index contributed by atoms with van der Waals surface area (Å²) in [5, 5.41) is 9.58. The Morgan fingerprint density at radius 2 is 2.03 bits per heavy atom. The van der Waals surface area contributed by atoms with E-state index in [1.807, 2.05) is 6.07 Å². The lowest BCUT2D eigenvalue weighted by Gasteiger charge is -2.38. The summed E-state index contributed by atoms with van der Waals surface area (Å²) in [6, 6.07) is 5.34. The van der Waals surface area contributed by atoms with Gasteiger partial charge in [0.15, 0.2) is 5.75 Å². The molecule has 0 unspecified atom stereocenters. The third-order valence-electron chi connectivity index (χ3n) is 6.44. The fourth-order valence-electron chi connectivity index (χ4n) is 4.61. The van der Waals surface area contributed by atoms with Gasteiger partial charge in [0.2, 0.25) is 0 Å². The molecule has 0 atom stereocenters. The number of piperazine rings is 1. The molecule has 5 rings (SSSR count). The Bertz CT molecular complexity index is 1630. The Labute approximate surface area is 223 Å². The molecule has 0 radical (unpaired) electrons. The Balaban J connectivity index is 1.59. The van der Waals surface area contributed by atoms with Gasteiger partial charge in [0.05, 0.1) is 27.4 Å². The van der Waals surface area contributed by atoms with Gasteiger partial charge in [0.25, 0.3) is 11.8 Å². The monoisotopic (exact) mass is 558 g/mol. The normalized spacial score (nSPS) is 16.5. The zero-order valence-electron chi connectivity index (χ0n) is 19.6. The van der Waals surface area contributed by atoms with Crippen LogP contribution in [0, 0.1) is 23.0 Å². The molecule has 12 heteroatoms. The minimum absolute atomic E-state index is 0.00543. The van der Waals surface area contributed by atoms with Gasteiger partial charge in [-0.05, 0) is 23.8 Å². The number of nitriles is 1. The summed E-state index contributed by atoms with van der Waals surface area (Å²) in [5.41, 5.74) is 5.97. The number of amides is 2. The van der Waals surface area contributed by atoms with Gasteiger partial charge >= 0.3 is 0 Å². The van der Waals surface area contributed by atoms with Gasteiger partial charge in [-0.2, -0.15) is 5.26 Å². The highest BCUT2D eigenvalue weighted by Crippen LogP contribution is 2.47. The van der Waals surface area contributed by atoms with Crippen LogP contribution in [-0.2, 0) is 4.79 Å². The molecule has 0 saturated carbocycles. The minimum Gasteiger partial charge on any atom is -0.487 e. The first-order chi connectivity index (χ1) is 18.2. The van der Waals surface area contributed by atoms with Crippen LogP contribution in [-0.4, -0.2) is 54.5 Å². The molecule has 3 heterocycles. The summed E-state index contributed by atoms with van der Waals surface area (Å²) in [6.45, 7) is 2.58. The van der Waals surface area contributed by atoms with Gasteiger partial charge in [0.1, 0.15) is 36.0 Å². The van der Waals surface area contributed by atoms with Crippen molar-refractivity contribution in [1.29, 1.82) is 5.26 Å². The van der Waals surface area contributed by atoms with E-state index in [-0.39, 0.29) is 79.9 Å². The Morgan fingerprint density at radius 3 is 2.74 bits per heavy atom. The average Bonchev–Trinajstić information content (AvgIpc) is 3.25. The summed E-state index contributed by atoms with van der Waals surface area (Å²) in [6.07, 6.45) is 1.58. The van der Waals surface area contributed by atoms with Crippen LogP contribution >= 0.6 is 22.9 Å². The summed E-state index contributed by atoms with van der Waals surface area (Å²) in [5.74, 6) is -2.74. The fraction of sp³-hybridized carbons (Fsp3) is 0.192. The third-order valence-corrected chi connectivity index (χ3v) is 7.83. The molecule has 1 saturated heterocycles. The predicted molar refractivity (Wildman–Crippen MR) is 138 cm³/mol. The number of hydrogen-bond acceptors (Lipinski definition) is 6. The van der Waals surface area contributed by atoms with Crippen molar-refractivity contribution in [2.45, 2.75) is 0 Å². The van der Waals surface area contributed by atoms with Crippen LogP contribution in [0.1, 0.15) is 15.9 Å². The number of alkyl halides is 1. The standard InChI is InChI=1S/C26H18ClF3N4O3S/c1-12(9-28)25(35)33-5-6-34-13(11-33)4-7-37-22-15(26(34)36)8-18(30)20(21(22)27)14-2-3-17(29)23-19(14)16(10-31)24(32)38-23/h2-4,8H,1,5-7,9,11,32H2/b13-4-. The molecule has 3 aromatic rings. The van der Waals surface area contributed by atoms with E-state index in [0.29, 0.717) is 5.70 Å². The average molecular weight is 559 g/mol. The van der Waals surface area contributed by atoms with Crippen molar-refractivity contribution in [2.75, 3.05) is 38.6 Å². The Kier molecular flexibility index (Phi) is 6.54. The molecule has 0 spiro atoms. The topological polar surface area (TPSA) is 99.7 Å². The van der Waals surface area contributed by atoms with E-state index in [1.165, 1.54) is 15.9 Å². The van der Waals surface area contributed by atoms with E-state index in [0.717, 1.165) is 23.5 Å². The second kappa shape index (κ2) is 9.70. The molecule has 38 heavy (non-hydrogen) atoms. The second-order valence-corrected chi connectivity index (χ2v) is 10.0. The molecule has 194 valence electrons. The smallest absolute Gasteiger partial charge is 0.262 e. The van der Waals surface area contributed by atoms with Crippen molar-refractivity contribution >= 4 is 49.8 Å². The molecule has 1 aromatic heterocycles. The van der Waals surface area contributed by atoms with Gasteiger partial charge in [-0.15, -0.1) is 11.3 Å². The molecule has 2 aliphatic heterocycles. The van der Waals surface area contributed by atoms with Crippen LogP contribution < -0.4 is 10.5 Å². The SMILES string of the molecule is C=C(CF)C(=O)N1CCN2C(=O)c3cc(F)c(-c4ccc(F)c5sc(N)c(C#N)c45)c(Cl)c3OC/C=C\2C1. The van der Waals surface area contributed by atoms with Crippen molar-refractivity contribution in [3.63, 3.8) is 0 Å². The summed E-state index contributed by atoms with van der Waals surface area (Å²) in [7, 11) is 0. The fourth-order valence-corrected chi connectivity index (χ4v) is 5.91. The van der Waals surface area contributed by atoms with Gasteiger partial charge in [0, 0.05) is 35.3 Å². The van der Waals surface area contributed by atoms with Gasteiger partial charge in [-0.3, -0.25) is 9.59 Å². The maximum Gasteiger partial charge on any atom is 0.262 e. The number of thiophene rings is 1. The first-order valence-corrected chi connectivity index (χ1v) is 12.5. The number of rotatable bonds is 3. The van der Waals surface area contributed by atoms with Crippen molar-refractivity contribution in [3.05, 3.63) is 69.9 Å². The summed E-state index contributed by atoms with van der Waals surface area (Å²) in [4.78, 5) is 28.6. The third kappa shape index (κ3) is 3.97. The van der Waals surface area contributed by atoms with E-state index in [9.17, 15) is 23.6 Å². The number of benzene rings is 2. The van der Waals surface area contributed by atoms with E-state index >= 15 is 4.39 Å². The molecular formula is C26H18ClF3N4O3S. The zero-order valence-corrected chi connectivity index (χ0v) is 21.2. The number of ether oxygens (including phenoxy) is 1. The molecule has 7 nitrogen and oxygen atoms in total. The quantitative estimate of drug-likeness (QED) is 0.454. The lowest BCUT2D eigenvalue weighted by atomic mass is 9.96. The lowest BCUT2D eigenvalue weighted by molar-refractivity contribution is -0.128. The summed E-state index contributed by atoms with van der Waals surface area (Å²) < 4.78 is 49.0. The van der Waals surface area contributed by atoms with Gasteiger partial charge < -0.3 is 20.3 Å². The maximum absolute atomic E-state index is 15.7. The highest BCUT2D eigenvalue weighted by atomic mass is 35.5. The number of carbonyl (C=O) groups excluding carboxylic acids is 2. The molecule has 0 aliphatic carbocycles. The first kappa shape index (κ1) is 25.6. The number of fused-ring (bicyclic) bond motifs is 3. The maximum atomic E-state index is 15.7. The Morgan fingerprint density at radius 1 is 1.26 bits per heavy atom.